The molecule has 0 fully saturated rings. The molecule has 1 aromatic heterocycles. The van der Waals surface area contributed by atoms with Gasteiger partial charge in [0, 0.05) is 12.6 Å². The Labute approximate surface area is 167 Å². The van der Waals surface area contributed by atoms with Gasteiger partial charge in [-0.3, -0.25) is 4.79 Å². The molecule has 0 radical (unpaired) electrons. The van der Waals surface area contributed by atoms with Gasteiger partial charge in [-0.15, -0.1) is 0 Å². The second-order valence-corrected chi connectivity index (χ2v) is 7.28. The normalized spacial score (nSPS) is 12.0. The third-order valence-electron chi connectivity index (χ3n) is 4.96. The lowest BCUT2D eigenvalue weighted by atomic mass is 10.00. The van der Waals surface area contributed by atoms with Crippen molar-refractivity contribution >= 4 is 5.91 Å². The summed E-state index contributed by atoms with van der Waals surface area (Å²) >= 11 is 0. The van der Waals surface area contributed by atoms with Crippen molar-refractivity contribution in [3.05, 3.63) is 94.9 Å². The maximum Gasteiger partial charge on any atom is 0.237 e. The van der Waals surface area contributed by atoms with Gasteiger partial charge >= 0.3 is 0 Å². The van der Waals surface area contributed by atoms with Gasteiger partial charge < -0.3 is 14.6 Å². The summed E-state index contributed by atoms with van der Waals surface area (Å²) < 4.78 is 5.46. The van der Waals surface area contributed by atoms with E-state index in [1.807, 2.05) is 47.4 Å². The van der Waals surface area contributed by atoms with Crippen LogP contribution in [0, 0.1) is 13.8 Å². The summed E-state index contributed by atoms with van der Waals surface area (Å²) in [4.78, 5) is 14.8. The zero-order chi connectivity index (χ0) is 19.9. The third-order valence-corrected chi connectivity index (χ3v) is 4.96. The lowest BCUT2D eigenvalue weighted by Gasteiger charge is -2.24. The van der Waals surface area contributed by atoms with Crippen LogP contribution in [-0.2, 0) is 17.9 Å². The zero-order valence-electron chi connectivity index (χ0n) is 16.8. The molecule has 1 amide bonds. The van der Waals surface area contributed by atoms with E-state index in [4.69, 9.17) is 4.42 Å². The van der Waals surface area contributed by atoms with Crippen molar-refractivity contribution in [2.75, 3.05) is 6.54 Å². The van der Waals surface area contributed by atoms with Crippen molar-refractivity contribution in [2.45, 2.75) is 39.9 Å². The molecule has 0 saturated carbocycles. The van der Waals surface area contributed by atoms with E-state index in [9.17, 15) is 4.79 Å². The van der Waals surface area contributed by atoms with Gasteiger partial charge in [0.1, 0.15) is 5.76 Å². The molecule has 2 aromatic carbocycles. The Morgan fingerprint density at radius 1 is 1.04 bits per heavy atom. The molecule has 1 heterocycles. The van der Waals surface area contributed by atoms with Crippen LogP contribution in [0.2, 0.25) is 0 Å². The fourth-order valence-electron chi connectivity index (χ4n) is 3.32. The molecule has 0 saturated heterocycles. The first-order valence-corrected chi connectivity index (χ1v) is 9.67. The highest BCUT2D eigenvalue weighted by molar-refractivity contribution is 5.78. The van der Waals surface area contributed by atoms with Crippen LogP contribution in [-0.4, -0.2) is 17.4 Å². The molecule has 0 aliphatic rings. The fraction of sp³-hybridized carbons (Fsp3) is 0.292. The maximum absolute atomic E-state index is 13.0. The van der Waals surface area contributed by atoms with Crippen molar-refractivity contribution in [3.63, 3.8) is 0 Å². The van der Waals surface area contributed by atoms with Gasteiger partial charge in [0.15, 0.2) is 0 Å². The molecule has 0 aliphatic heterocycles. The number of aryl methyl sites for hydroxylation is 2. The van der Waals surface area contributed by atoms with Gasteiger partial charge in [0.2, 0.25) is 5.91 Å². The minimum atomic E-state index is 0.0532. The van der Waals surface area contributed by atoms with E-state index in [2.05, 4.69) is 44.3 Å². The number of rotatable bonds is 8. The molecule has 146 valence electrons. The van der Waals surface area contributed by atoms with E-state index in [1.54, 1.807) is 6.26 Å². The first-order valence-electron chi connectivity index (χ1n) is 9.67. The van der Waals surface area contributed by atoms with Crippen molar-refractivity contribution in [1.29, 1.82) is 0 Å². The molecule has 0 aliphatic carbocycles. The largest absolute Gasteiger partial charge is 0.467 e. The van der Waals surface area contributed by atoms with Crippen LogP contribution in [0.4, 0.5) is 0 Å². The Bertz CT molecular complexity index is 888. The summed E-state index contributed by atoms with van der Waals surface area (Å²) in [5.41, 5.74) is 4.79. The molecule has 0 spiro atoms. The highest BCUT2D eigenvalue weighted by Gasteiger charge is 2.17. The van der Waals surface area contributed by atoms with Crippen LogP contribution in [0.25, 0.3) is 0 Å². The number of hydrogen-bond donors (Lipinski definition) is 1. The second-order valence-electron chi connectivity index (χ2n) is 7.28. The number of carbonyl (C=O) groups excluding carboxylic acids is 1. The topological polar surface area (TPSA) is 45.5 Å². The molecule has 0 bridgehead atoms. The summed E-state index contributed by atoms with van der Waals surface area (Å²) in [7, 11) is 0. The van der Waals surface area contributed by atoms with Gasteiger partial charge in [-0.1, -0.05) is 54.1 Å². The average molecular weight is 377 g/mol. The van der Waals surface area contributed by atoms with Gasteiger partial charge in [0.25, 0.3) is 0 Å². The third kappa shape index (κ3) is 5.33. The Morgan fingerprint density at radius 2 is 1.82 bits per heavy atom. The highest BCUT2D eigenvalue weighted by Crippen LogP contribution is 2.19. The zero-order valence-corrected chi connectivity index (χ0v) is 16.8. The van der Waals surface area contributed by atoms with Crippen molar-refractivity contribution < 1.29 is 9.21 Å². The molecule has 4 heteroatoms. The fourth-order valence-corrected chi connectivity index (χ4v) is 3.32. The average Bonchev–Trinajstić information content (AvgIpc) is 3.21. The SMILES string of the molecule is Cc1ccc(C)c([C@@H](C)NCC(=O)N(Cc2ccccc2)Cc2ccco2)c1. The van der Waals surface area contributed by atoms with E-state index in [-0.39, 0.29) is 18.5 Å². The molecule has 3 aromatic rings. The Hall–Kier alpha value is -2.85. The predicted molar refractivity (Wildman–Crippen MR) is 112 cm³/mol. The van der Waals surface area contributed by atoms with Crippen molar-refractivity contribution in [2.24, 2.45) is 0 Å². The van der Waals surface area contributed by atoms with Gasteiger partial charge in [-0.2, -0.15) is 0 Å². The van der Waals surface area contributed by atoms with Gasteiger partial charge in [-0.25, -0.2) is 0 Å². The standard InChI is InChI=1S/C24H28N2O2/c1-18-11-12-19(2)23(14-18)20(3)25-15-24(27)26(17-22-10-7-13-28-22)16-21-8-5-4-6-9-21/h4-14,20,25H,15-17H2,1-3H3/t20-/m1/s1. The van der Waals surface area contributed by atoms with Crippen LogP contribution in [0.5, 0.6) is 0 Å². The van der Waals surface area contributed by atoms with E-state index < -0.39 is 0 Å². The van der Waals surface area contributed by atoms with Gasteiger partial charge in [0.05, 0.1) is 19.4 Å². The number of nitrogens with one attached hydrogen (secondary N) is 1. The van der Waals surface area contributed by atoms with E-state index >= 15 is 0 Å². The summed E-state index contributed by atoms with van der Waals surface area (Å²) in [5.74, 6) is 0.837. The van der Waals surface area contributed by atoms with Crippen LogP contribution in [0.15, 0.2) is 71.3 Å². The minimum Gasteiger partial charge on any atom is -0.467 e. The van der Waals surface area contributed by atoms with Crippen molar-refractivity contribution in [1.82, 2.24) is 10.2 Å². The summed E-state index contributed by atoms with van der Waals surface area (Å²) in [5, 5.41) is 3.39. The number of carbonyl (C=O) groups is 1. The molecular weight excluding hydrogens is 348 g/mol. The summed E-state index contributed by atoms with van der Waals surface area (Å²) in [6, 6.07) is 20.3. The molecule has 4 nitrogen and oxygen atoms in total. The monoisotopic (exact) mass is 376 g/mol. The number of hydrogen-bond acceptors (Lipinski definition) is 3. The Morgan fingerprint density at radius 3 is 2.54 bits per heavy atom. The molecule has 3 rings (SSSR count). The number of nitrogens with zero attached hydrogens (tertiary/aromatic N) is 1. The predicted octanol–water partition coefficient (Wildman–Crippen LogP) is 4.78. The van der Waals surface area contributed by atoms with E-state index in [0.717, 1.165) is 11.3 Å². The Kier molecular flexibility index (Phi) is 6.66. The minimum absolute atomic E-state index is 0.0532. The molecule has 1 N–H and O–H groups in total. The van der Waals surface area contributed by atoms with Crippen molar-refractivity contribution in [3.8, 4) is 0 Å². The quantitative estimate of drug-likeness (QED) is 0.616. The van der Waals surface area contributed by atoms with Crippen LogP contribution in [0.3, 0.4) is 0 Å². The highest BCUT2D eigenvalue weighted by atomic mass is 16.3. The summed E-state index contributed by atoms with van der Waals surface area (Å²) in [6.07, 6.45) is 1.64. The first kappa shape index (κ1) is 19.9. The van der Waals surface area contributed by atoms with E-state index in [0.29, 0.717) is 13.1 Å². The second kappa shape index (κ2) is 9.38. The first-order chi connectivity index (χ1) is 13.5. The van der Waals surface area contributed by atoms with Crippen LogP contribution < -0.4 is 5.32 Å². The molecule has 1 atom stereocenters. The van der Waals surface area contributed by atoms with Crippen LogP contribution >= 0.6 is 0 Å². The lowest BCUT2D eigenvalue weighted by molar-refractivity contribution is -0.131. The lowest BCUT2D eigenvalue weighted by Crippen LogP contribution is -2.38. The van der Waals surface area contributed by atoms with Crippen LogP contribution in [0.1, 0.15) is 41.0 Å². The molecular formula is C24H28N2O2. The van der Waals surface area contributed by atoms with E-state index in [1.165, 1.54) is 16.7 Å². The van der Waals surface area contributed by atoms with Gasteiger partial charge in [-0.05, 0) is 49.6 Å². The maximum atomic E-state index is 13.0. The Balaban J connectivity index is 1.67. The smallest absolute Gasteiger partial charge is 0.237 e. The molecule has 28 heavy (non-hydrogen) atoms. The number of furan rings is 1. The number of benzene rings is 2. The number of amides is 1. The summed E-state index contributed by atoms with van der Waals surface area (Å²) in [6.45, 7) is 7.59. The molecule has 0 unspecified atom stereocenters.